The van der Waals surface area contributed by atoms with Crippen LogP contribution in [0.1, 0.15) is 24.1 Å². The van der Waals surface area contributed by atoms with Gasteiger partial charge in [-0.1, -0.05) is 74.1 Å². The molecule has 0 atom stereocenters. The lowest BCUT2D eigenvalue weighted by Crippen LogP contribution is -2.43. The van der Waals surface area contributed by atoms with Crippen LogP contribution < -0.4 is 10.2 Å². The van der Waals surface area contributed by atoms with E-state index in [2.05, 4.69) is 54.2 Å². The second kappa shape index (κ2) is 19.2. The summed E-state index contributed by atoms with van der Waals surface area (Å²) in [5.74, 6) is 0. The molecular formula is C28H35Br2Cl3N2O3. The number of hydrogen-bond donors (Lipinski definition) is 2. The summed E-state index contributed by atoms with van der Waals surface area (Å²) in [6, 6.07) is 17.2. The number of methoxy groups -OCH3 is 2. The molecule has 0 bridgehead atoms. The molecule has 1 saturated heterocycles. The topological polar surface area (TPSA) is 54.0 Å². The molecule has 1 fully saturated rings. The van der Waals surface area contributed by atoms with E-state index >= 15 is 0 Å². The normalized spacial score (nSPS) is 12.5. The zero-order valence-corrected chi connectivity index (χ0v) is 26.2. The van der Waals surface area contributed by atoms with Gasteiger partial charge in [-0.3, -0.25) is 0 Å². The lowest BCUT2D eigenvalue weighted by Gasteiger charge is -2.29. The van der Waals surface area contributed by atoms with Crippen LogP contribution in [0.15, 0.2) is 63.5 Å². The Morgan fingerprint density at radius 1 is 0.763 bits per heavy atom. The molecule has 3 aromatic carbocycles. The summed E-state index contributed by atoms with van der Waals surface area (Å²) in [6.07, 6.45) is 0. The number of anilines is 1. The fourth-order valence-corrected chi connectivity index (χ4v) is 4.76. The quantitative estimate of drug-likeness (QED) is 0.269. The van der Waals surface area contributed by atoms with Gasteiger partial charge in [-0.15, -0.1) is 0 Å². The number of nitrogens with one attached hydrogen (secondary N) is 1. The number of aliphatic hydroxyl groups excluding tert-OH is 1. The Balaban J connectivity index is 0.000000292. The fraction of sp³-hybridized carbons (Fsp3) is 0.357. The van der Waals surface area contributed by atoms with Crippen LogP contribution in [-0.2, 0) is 29.3 Å². The highest BCUT2D eigenvalue weighted by Gasteiger charge is 2.11. The van der Waals surface area contributed by atoms with Crippen LogP contribution >= 0.6 is 66.7 Å². The van der Waals surface area contributed by atoms with E-state index in [0.29, 0.717) is 18.2 Å². The lowest BCUT2D eigenvalue weighted by atomic mass is 10.2. The van der Waals surface area contributed by atoms with Gasteiger partial charge < -0.3 is 24.8 Å². The summed E-state index contributed by atoms with van der Waals surface area (Å²) in [4.78, 5) is 2.37. The molecule has 0 aromatic heterocycles. The van der Waals surface area contributed by atoms with Crippen molar-refractivity contribution in [1.82, 2.24) is 5.32 Å². The molecular weight excluding hydrogens is 678 g/mol. The number of aliphatic hydroxyl groups is 1. The molecule has 1 aliphatic rings. The van der Waals surface area contributed by atoms with Crippen molar-refractivity contribution in [2.24, 2.45) is 0 Å². The first-order valence-electron chi connectivity index (χ1n) is 11.5. The molecule has 1 heterocycles. The van der Waals surface area contributed by atoms with Crippen LogP contribution in [0, 0.1) is 0 Å². The van der Waals surface area contributed by atoms with Crippen LogP contribution in [0.2, 0.25) is 15.1 Å². The van der Waals surface area contributed by atoms with Gasteiger partial charge in [-0.25, -0.2) is 0 Å². The molecule has 0 amide bonds. The molecule has 1 aliphatic heterocycles. The lowest BCUT2D eigenvalue weighted by molar-refractivity contribution is 0.185. The Bertz CT molecular complexity index is 1120. The highest BCUT2D eigenvalue weighted by atomic mass is 79.9. The minimum absolute atomic E-state index is 0. The van der Waals surface area contributed by atoms with Crippen LogP contribution in [-0.4, -0.2) is 45.5 Å². The van der Waals surface area contributed by atoms with Crippen molar-refractivity contribution in [3.05, 3.63) is 95.3 Å². The predicted molar refractivity (Wildman–Crippen MR) is 169 cm³/mol. The largest absolute Gasteiger partial charge is 0.392 e. The van der Waals surface area contributed by atoms with Gasteiger partial charge in [0.2, 0.25) is 0 Å². The van der Waals surface area contributed by atoms with E-state index in [-0.39, 0.29) is 14.0 Å². The summed E-state index contributed by atoms with van der Waals surface area (Å²) in [7, 11) is 3.34. The second-order valence-electron chi connectivity index (χ2n) is 8.01. The van der Waals surface area contributed by atoms with Crippen molar-refractivity contribution in [2.75, 3.05) is 45.3 Å². The summed E-state index contributed by atoms with van der Waals surface area (Å²) in [6.45, 7) is 5.29. The third-order valence-corrected chi connectivity index (χ3v) is 7.39. The van der Waals surface area contributed by atoms with Crippen molar-refractivity contribution in [1.29, 1.82) is 0 Å². The molecule has 2 N–H and O–H groups in total. The first kappa shape index (κ1) is 35.2. The van der Waals surface area contributed by atoms with Crippen LogP contribution in [0.4, 0.5) is 5.69 Å². The minimum Gasteiger partial charge on any atom is -0.392 e. The van der Waals surface area contributed by atoms with Crippen molar-refractivity contribution in [3.63, 3.8) is 0 Å². The monoisotopic (exact) mass is 710 g/mol. The molecule has 0 saturated carbocycles. The Labute approximate surface area is 258 Å². The van der Waals surface area contributed by atoms with Gasteiger partial charge >= 0.3 is 0 Å². The maximum absolute atomic E-state index is 8.74. The summed E-state index contributed by atoms with van der Waals surface area (Å²) < 4.78 is 12.0. The Morgan fingerprint density at radius 3 is 1.68 bits per heavy atom. The first-order chi connectivity index (χ1) is 17.8. The van der Waals surface area contributed by atoms with Crippen LogP contribution in [0.5, 0.6) is 0 Å². The molecule has 10 heteroatoms. The third-order valence-electron chi connectivity index (χ3n) is 5.30. The van der Waals surface area contributed by atoms with Crippen molar-refractivity contribution in [2.45, 2.75) is 27.2 Å². The predicted octanol–water partition coefficient (Wildman–Crippen LogP) is 8.38. The summed E-state index contributed by atoms with van der Waals surface area (Å²) in [5, 5.41) is 14.2. The van der Waals surface area contributed by atoms with Gasteiger partial charge in [0.15, 0.2) is 0 Å². The number of rotatable bonds is 6. The molecule has 0 radical (unpaired) electrons. The molecule has 0 aliphatic carbocycles. The number of ether oxygens (including phenoxy) is 2. The van der Waals surface area contributed by atoms with Crippen LogP contribution in [0.25, 0.3) is 0 Å². The molecule has 0 unspecified atom stereocenters. The Kier molecular flexibility index (Phi) is 17.8. The zero-order chi connectivity index (χ0) is 27.2. The SMILES string of the molecule is C.COCc1cc(Br)ccc1Cl.COCc1cc(N2CCNCC2)ccc1Cl.OCc1cc(Br)ccc1Cl. The van der Waals surface area contributed by atoms with E-state index in [1.165, 1.54) is 5.69 Å². The van der Waals surface area contributed by atoms with E-state index in [1.807, 2.05) is 30.3 Å². The minimum atomic E-state index is -0.0156. The van der Waals surface area contributed by atoms with Crippen LogP contribution in [0.3, 0.4) is 0 Å². The zero-order valence-electron chi connectivity index (χ0n) is 20.7. The van der Waals surface area contributed by atoms with Gasteiger partial charge in [0.1, 0.15) is 0 Å². The summed E-state index contributed by atoms with van der Waals surface area (Å²) >= 11 is 24.3. The maximum atomic E-state index is 8.74. The smallest absolute Gasteiger partial charge is 0.0728 e. The van der Waals surface area contributed by atoms with E-state index in [0.717, 1.165) is 61.9 Å². The Hall–Kier alpha value is -0.870. The first-order valence-corrected chi connectivity index (χ1v) is 14.2. The van der Waals surface area contributed by atoms with Crippen molar-refractivity contribution < 1.29 is 14.6 Å². The molecule has 38 heavy (non-hydrogen) atoms. The fourth-order valence-electron chi connectivity index (χ4n) is 3.42. The average Bonchev–Trinajstić information content (AvgIpc) is 2.90. The average molecular weight is 714 g/mol. The molecule has 4 rings (SSSR count). The summed E-state index contributed by atoms with van der Waals surface area (Å²) in [5.41, 5.74) is 4.04. The molecule has 3 aromatic rings. The van der Waals surface area contributed by atoms with E-state index in [9.17, 15) is 0 Å². The van der Waals surface area contributed by atoms with E-state index in [4.69, 9.17) is 49.4 Å². The third kappa shape index (κ3) is 12.1. The number of hydrogen-bond acceptors (Lipinski definition) is 5. The van der Waals surface area contributed by atoms with E-state index in [1.54, 1.807) is 26.4 Å². The maximum Gasteiger partial charge on any atom is 0.0728 e. The Morgan fingerprint density at radius 2 is 1.21 bits per heavy atom. The van der Waals surface area contributed by atoms with Gasteiger partial charge in [0, 0.05) is 70.1 Å². The van der Waals surface area contributed by atoms with Crippen molar-refractivity contribution >= 4 is 72.4 Å². The highest BCUT2D eigenvalue weighted by molar-refractivity contribution is 9.10. The standard InChI is InChI=1S/C12H17ClN2O.C8H8BrClO.C7H6BrClO.CH4/c1-16-9-10-8-11(2-3-12(10)13)15-6-4-14-5-7-15;1-11-5-6-4-7(9)2-3-8(6)10;8-6-1-2-7(9)5(3-6)4-10;/h2-3,8,14H,4-7,9H2,1H3;2-4H,5H2,1H3;1-3,10H,4H2;1H4. The molecule has 0 spiro atoms. The van der Waals surface area contributed by atoms with Gasteiger partial charge in [0.25, 0.3) is 0 Å². The van der Waals surface area contributed by atoms with E-state index < -0.39 is 0 Å². The number of benzene rings is 3. The van der Waals surface area contributed by atoms with Crippen molar-refractivity contribution in [3.8, 4) is 0 Å². The number of nitrogens with zero attached hydrogens (tertiary/aromatic N) is 1. The van der Waals surface area contributed by atoms with Gasteiger partial charge in [-0.2, -0.15) is 0 Å². The molecule has 5 nitrogen and oxygen atoms in total. The second-order valence-corrected chi connectivity index (χ2v) is 11.1. The highest BCUT2D eigenvalue weighted by Crippen LogP contribution is 2.24. The molecule has 210 valence electrons. The van der Waals surface area contributed by atoms with Gasteiger partial charge in [-0.05, 0) is 71.3 Å². The number of piperazine rings is 1. The van der Waals surface area contributed by atoms with Gasteiger partial charge in [0.05, 0.1) is 19.8 Å². The number of halogens is 5.